The molecule has 0 atom stereocenters. The van der Waals surface area contributed by atoms with Gasteiger partial charge in [-0.2, -0.15) is 0 Å². The van der Waals surface area contributed by atoms with E-state index in [0.717, 1.165) is 31.2 Å². The van der Waals surface area contributed by atoms with E-state index in [1.807, 2.05) is 18.2 Å². The standard InChI is InChI=1S/C18H19NO4S2/c20-16(21)9-10-23-14-8-4-1-5-12(14)11-15-17(22)19(18(24)25-15)13-6-2-3-7-13/h1,4-5,8,11,13H,2-3,6-7,9-10H2,(H,20,21)/b15-11+. The predicted molar refractivity (Wildman–Crippen MR) is 101 cm³/mol. The number of rotatable bonds is 6. The Kier molecular flexibility index (Phi) is 5.75. The van der Waals surface area contributed by atoms with Crippen LogP contribution < -0.4 is 4.74 Å². The van der Waals surface area contributed by atoms with Crippen LogP contribution in [0.25, 0.3) is 6.08 Å². The molecule has 132 valence electrons. The van der Waals surface area contributed by atoms with Gasteiger partial charge in [0.25, 0.3) is 5.91 Å². The van der Waals surface area contributed by atoms with Crippen LogP contribution in [0.1, 0.15) is 37.7 Å². The van der Waals surface area contributed by atoms with E-state index >= 15 is 0 Å². The minimum absolute atomic E-state index is 0.0396. The summed E-state index contributed by atoms with van der Waals surface area (Å²) in [5.74, 6) is -0.382. The van der Waals surface area contributed by atoms with Crippen molar-refractivity contribution in [2.45, 2.75) is 38.1 Å². The molecule has 0 unspecified atom stereocenters. The fraction of sp³-hybridized carbons (Fsp3) is 0.389. The molecule has 0 radical (unpaired) electrons. The van der Waals surface area contributed by atoms with Crippen molar-refractivity contribution < 1.29 is 19.4 Å². The quantitative estimate of drug-likeness (QED) is 0.602. The molecule has 0 spiro atoms. The summed E-state index contributed by atoms with van der Waals surface area (Å²) in [5, 5.41) is 8.73. The molecule has 5 nitrogen and oxygen atoms in total. The monoisotopic (exact) mass is 377 g/mol. The molecule has 2 fully saturated rings. The summed E-state index contributed by atoms with van der Waals surface area (Å²) in [4.78, 5) is 25.7. The molecule has 1 amide bonds. The minimum Gasteiger partial charge on any atom is -0.492 e. The van der Waals surface area contributed by atoms with Crippen LogP contribution >= 0.6 is 24.0 Å². The van der Waals surface area contributed by atoms with Crippen LogP contribution in [0.2, 0.25) is 0 Å². The average molecular weight is 377 g/mol. The van der Waals surface area contributed by atoms with Gasteiger partial charge in [-0.1, -0.05) is 55.0 Å². The molecule has 1 aromatic carbocycles. The summed E-state index contributed by atoms with van der Waals surface area (Å²) in [6.07, 6.45) is 6.01. The lowest BCUT2D eigenvalue weighted by Gasteiger charge is -2.21. The van der Waals surface area contributed by atoms with Crippen molar-refractivity contribution in [1.29, 1.82) is 0 Å². The Hall–Kier alpha value is -1.86. The number of carboxylic acid groups (broad SMARTS) is 1. The SMILES string of the molecule is O=C(O)CCOc1ccccc1/C=C1/SC(=S)N(C2CCCC2)C1=O. The van der Waals surface area contributed by atoms with Gasteiger partial charge in [-0.25, -0.2) is 0 Å². The Morgan fingerprint density at radius 2 is 2.08 bits per heavy atom. The maximum Gasteiger partial charge on any atom is 0.306 e. The van der Waals surface area contributed by atoms with Crippen molar-refractivity contribution in [3.63, 3.8) is 0 Å². The molecule has 3 rings (SSSR count). The molecule has 25 heavy (non-hydrogen) atoms. The molecule has 0 aromatic heterocycles. The van der Waals surface area contributed by atoms with Crippen molar-refractivity contribution in [3.05, 3.63) is 34.7 Å². The van der Waals surface area contributed by atoms with E-state index in [4.69, 9.17) is 22.1 Å². The van der Waals surface area contributed by atoms with Gasteiger partial charge >= 0.3 is 5.97 Å². The van der Waals surface area contributed by atoms with Gasteiger partial charge in [0.15, 0.2) is 0 Å². The summed E-state index contributed by atoms with van der Waals surface area (Å²) >= 11 is 6.73. The van der Waals surface area contributed by atoms with Gasteiger partial charge in [0.1, 0.15) is 10.1 Å². The number of aliphatic carboxylic acids is 1. The Labute approximate surface area is 156 Å². The van der Waals surface area contributed by atoms with E-state index in [1.54, 1.807) is 17.0 Å². The van der Waals surface area contributed by atoms with Crippen LogP contribution in [0.4, 0.5) is 0 Å². The second kappa shape index (κ2) is 8.01. The molecular formula is C18H19NO4S2. The Morgan fingerprint density at radius 3 is 2.80 bits per heavy atom. The van der Waals surface area contributed by atoms with Gasteiger partial charge < -0.3 is 9.84 Å². The summed E-state index contributed by atoms with van der Waals surface area (Å²) in [6.45, 7) is 0.0865. The zero-order valence-corrected chi connectivity index (χ0v) is 15.3. The third kappa shape index (κ3) is 4.22. The first kappa shape index (κ1) is 17.9. The first-order valence-corrected chi connectivity index (χ1v) is 9.49. The van der Waals surface area contributed by atoms with Crippen molar-refractivity contribution in [2.75, 3.05) is 6.61 Å². The van der Waals surface area contributed by atoms with Crippen LogP contribution in [0.3, 0.4) is 0 Å². The van der Waals surface area contributed by atoms with Crippen LogP contribution in [0.15, 0.2) is 29.2 Å². The summed E-state index contributed by atoms with van der Waals surface area (Å²) in [5.41, 5.74) is 0.750. The lowest BCUT2D eigenvalue weighted by Crippen LogP contribution is -2.36. The molecule has 1 aromatic rings. The molecule has 7 heteroatoms. The number of thioether (sulfide) groups is 1. The number of carboxylic acids is 1. The molecule has 1 saturated carbocycles. The Bertz CT molecular complexity index is 726. The molecule has 1 aliphatic heterocycles. The van der Waals surface area contributed by atoms with Gasteiger partial charge in [-0.15, -0.1) is 0 Å². The number of hydrogen-bond acceptors (Lipinski definition) is 5. The van der Waals surface area contributed by atoms with Gasteiger partial charge in [-0.05, 0) is 25.0 Å². The molecule has 1 saturated heterocycles. The predicted octanol–water partition coefficient (Wildman–Crippen LogP) is 3.68. The third-order valence-electron chi connectivity index (χ3n) is 4.29. The lowest BCUT2D eigenvalue weighted by molar-refractivity contribution is -0.137. The number of nitrogens with zero attached hydrogens (tertiary/aromatic N) is 1. The zero-order valence-electron chi connectivity index (χ0n) is 13.6. The topological polar surface area (TPSA) is 66.8 Å². The number of thiocarbonyl (C=S) groups is 1. The van der Waals surface area contributed by atoms with Crippen LogP contribution in [-0.4, -0.2) is 38.9 Å². The van der Waals surface area contributed by atoms with Gasteiger partial charge in [-0.3, -0.25) is 14.5 Å². The van der Waals surface area contributed by atoms with E-state index in [2.05, 4.69) is 0 Å². The van der Waals surface area contributed by atoms with Crippen molar-refractivity contribution in [3.8, 4) is 5.75 Å². The molecule has 1 heterocycles. The molecular weight excluding hydrogens is 358 g/mol. The van der Waals surface area contributed by atoms with Gasteiger partial charge in [0.2, 0.25) is 0 Å². The lowest BCUT2D eigenvalue weighted by atomic mass is 10.1. The number of hydrogen-bond donors (Lipinski definition) is 1. The maximum atomic E-state index is 12.8. The van der Waals surface area contributed by atoms with E-state index in [1.165, 1.54) is 11.8 Å². The largest absolute Gasteiger partial charge is 0.492 e. The number of ether oxygens (including phenoxy) is 1. The first-order chi connectivity index (χ1) is 12.1. The molecule has 0 bridgehead atoms. The summed E-state index contributed by atoms with van der Waals surface area (Å²) in [6, 6.07) is 7.51. The minimum atomic E-state index is -0.907. The van der Waals surface area contributed by atoms with Gasteiger partial charge in [0.05, 0.1) is 17.9 Å². The zero-order chi connectivity index (χ0) is 17.8. The third-order valence-corrected chi connectivity index (χ3v) is 5.62. The number of benzene rings is 1. The summed E-state index contributed by atoms with van der Waals surface area (Å²) < 4.78 is 6.17. The molecule has 1 N–H and O–H groups in total. The van der Waals surface area contributed by atoms with Crippen molar-refractivity contribution in [1.82, 2.24) is 4.90 Å². The molecule has 1 aliphatic carbocycles. The highest BCUT2D eigenvalue weighted by atomic mass is 32.2. The number of para-hydroxylation sites is 1. The smallest absolute Gasteiger partial charge is 0.306 e. The highest BCUT2D eigenvalue weighted by molar-refractivity contribution is 8.26. The fourth-order valence-corrected chi connectivity index (χ4v) is 4.47. The Morgan fingerprint density at radius 1 is 1.36 bits per heavy atom. The number of carbonyl (C=O) groups is 2. The second-order valence-corrected chi connectivity index (χ2v) is 7.70. The van der Waals surface area contributed by atoms with E-state index in [0.29, 0.717) is 15.0 Å². The summed E-state index contributed by atoms with van der Waals surface area (Å²) in [7, 11) is 0. The van der Waals surface area contributed by atoms with E-state index in [-0.39, 0.29) is 25.0 Å². The number of carbonyl (C=O) groups excluding carboxylic acids is 1. The highest BCUT2D eigenvalue weighted by Gasteiger charge is 2.38. The molecule has 2 aliphatic rings. The second-order valence-electron chi connectivity index (χ2n) is 6.02. The number of amides is 1. The normalized spacial score (nSPS) is 19.8. The van der Waals surface area contributed by atoms with Crippen molar-refractivity contribution >= 4 is 46.3 Å². The van der Waals surface area contributed by atoms with Crippen LogP contribution in [0, 0.1) is 0 Å². The van der Waals surface area contributed by atoms with E-state index in [9.17, 15) is 9.59 Å². The van der Waals surface area contributed by atoms with Crippen LogP contribution in [0.5, 0.6) is 5.75 Å². The van der Waals surface area contributed by atoms with Crippen molar-refractivity contribution in [2.24, 2.45) is 0 Å². The van der Waals surface area contributed by atoms with Crippen LogP contribution in [-0.2, 0) is 9.59 Å². The average Bonchev–Trinajstić information content (AvgIpc) is 3.17. The Balaban J connectivity index is 1.77. The maximum absolute atomic E-state index is 12.8. The fourth-order valence-electron chi connectivity index (χ4n) is 3.08. The van der Waals surface area contributed by atoms with Gasteiger partial charge in [0, 0.05) is 11.6 Å². The first-order valence-electron chi connectivity index (χ1n) is 8.27. The van der Waals surface area contributed by atoms with E-state index < -0.39 is 5.97 Å². The highest BCUT2D eigenvalue weighted by Crippen LogP contribution is 2.38.